The van der Waals surface area contributed by atoms with Crippen LogP contribution < -0.4 is 10.9 Å². The summed E-state index contributed by atoms with van der Waals surface area (Å²) in [5.41, 5.74) is 2.18. The third-order valence-corrected chi connectivity index (χ3v) is 5.32. The van der Waals surface area contributed by atoms with Crippen molar-refractivity contribution in [2.75, 3.05) is 5.32 Å². The molecule has 4 nitrogen and oxygen atoms in total. The summed E-state index contributed by atoms with van der Waals surface area (Å²) < 4.78 is 1.05. The molecule has 0 fully saturated rings. The maximum atomic E-state index is 13.1. The summed E-state index contributed by atoms with van der Waals surface area (Å²) >= 11 is 8.39. The predicted octanol–water partition coefficient (Wildman–Crippen LogP) is 5.71. The molecule has 0 saturated heterocycles. The zero-order valence-corrected chi connectivity index (χ0v) is 17.4. The van der Waals surface area contributed by atoms with E-state index in [4.69, 9.17) is 11.6 Å². The van der Waals surface area contributed by atoms with Crippen LogP contribution in [0.2, 0.25) is 5.02 Å². The second-order valence-corrected chi connectivity index (χ2v) is 7.90. The molecule has 138 valence electrons. The van der Waals surface area contributed by atoms with Crippen molar-refractivity contribution >= 4 is 56.7 Å². The normalized spacial score (nSPS) is 10.8. The minimum Gasteiger partial charge on any atom is -0.322 e. The molecule has 0 radical (unpaired) electrons. The van der Waals surface area contributed by atoms with Gasteiger partial charge in [0, 0.05) is 30.7 Å². The van der Waals surface area contributed by atoms with Crippen LogP contribution in [0.4, 0.5) is 5.69 Å². The summed E-state index contributed by atoms with van der Waals surface area (Å²) in [6, 6.07) is 22.0. The number of amides is 1. The van der Waals surface area contributed by atoms with Crippen molar-refractivity contribution in [3.63, 3.8) is 0 Å². The number of hydrogen-bond acceptors (Lipinski definition) is 2. The van der Waals surface area contributed by atoms with Crippen molar-refractivity contribution in [3.05, 3.63) is 97.3 Å². The lowest BCUT2D eigenvalue weighted by atomic mass is 9.95. The van der Waals surface area contributed by atoms with Gasteiger partial charge in [-0.15, -0.1) is 0 Å². The van der Waals surface area contributed by atoms with Gasteiger partial charge >= 0.3 is 0 Å². The number of H-pyrrole nitrogens is 1. The molecule has 1 amide bonds. The summed E-state index contributed by atoms with van der Waals surface area (Å²) in [6.45, 7) is 0. The van der Waals surface area contributed by atoms with Gasteiger partial charge in [0.2, 0.25) is 0 Å². The third kappa shape index (κ3) is 3.68. The Morgan fingerprint density at radius 2 is 1.68 bits per heavy atom. The van der Waals surface area contributed by atoms with Crippen LogP contribution in [0.15, 0.2) is 77.6 Å². The molecule has 28 heavy (non-hydrogen) atoms. The number of benzene rings is 3. The predicted molar refractivity (Wildman–Crippen MR) is 122 cm³/mol. The molecular formula is C22H14ClIN2O2. The Kier molecular flexibility index (Phi) is 5.19. The molecule has 0 bridgehead atoms. The number of rotatable bonds is 3. The topological polar surface area (TPSA) is 62.0 Å². The Hall–Kier alpha value is -2.64. The first-order valence-electron chi connectivity index (χ1n) is 8.51. The van der Waals surface area contributed by atoms with Gasteiger partial charge in [-0.3, -0.25) is 9.59 Å². The fourth-order valence-corrected chi connectivity index (χ4v) is 3.65. The molecule has 0 aliphatic heterocycles. The molecule has 0 atom stereocenters. The largest absolute Gasteiger partial charge is 0.322 e. The fourth-order valence-electron chi connectivity index (χ4n) is 3.11. The van der Waals surface area contributed by atoms with E-state index < -0.39 is 11.5 Å². The Bertz CT molecular complexity index is 1240. The van der Waals surface area contributed by atoms with Gasteiger partial charge in [0.1, 0.15) is 5.56 Å². The van der Waals surface area contributed by atoms with E-state index in [0.29, 0.717) is 27.2 Å². The number of carbonyl (C=O) groups excluding carboxylic acids is 1. The van der Waals surface area contributed by atoms with E-state index in [2.05, 4.69) is 32.9 Å². The maximum Gasteiger partial charge on any atom is 0.261 e. The standard InChI is InChI=1S/C22H14ClIN2O2/c23-14-6-11-18-17(12-14)19(13-4-2-1-3-5-13)20(22(28)26-18)21(27)25-16-9-7-15(24)8-10-16/h1-12H,(H,25,27)(H,26,28). The number of halogens is 2. The fraction of sp³-hybridized carbons (Fsp3) is 0. The van der Waals surface area contributed by atoms with Crippen molar-refractivity contribution in [1.29, 1.82) is 0 Å². The van der Waals surface area contributed by atoms with Crippen LogP contribution >= 0.6 is 34.2 Å². The van der Waals surface area contributed by atoms with Gasteiger partial charge in [0.25, 0.3) is 11.5 Å². The smallest absolute Gasteiger partial charge is 0.261 e. The van der Waals surface area contributed by atoms with Crippen LogP contribution in [0.5, 0.6) is 0 Å². The van der Waals surface area contributed by atoms with E-state index in [-0.39, 0.29) is 5.56 Å². The molecule has 0 aliphatic carbocycles. The molecular weight excluding hydrogens is 487 g/mol. The molecule has 0 saturated carbocycles. The van der Waals surface area contributed by atoms with Crippen LogP contribution in [0.1, 0.15) is 10.4 Å². The summed E-state index contributed by atoms with van der Waals surface area (Å²) in [4.78, 5) is 28.7. The second-order valence-electron chi connectivity index (χ2n) is 6.22. The summed E-state index contributed by atoms with van der Waals surface area (Å²) in [5, 5.41) is 4.06. The van der Waals surface area contributed by atoms with Crippen LogP contribution in [0.25, 0.3) is 22.0 Å². The first kappa shape index (κ1) is 18.7. The van der Waals surface area contributed by atoms with E-state index in [1.54, 1.807) is 30.3 Å². The van der Waals surface area contributed by atoms with Crippen molar-refractivity contribution in [3.8, 4) is 11.1 Å². The number of aromatic nitrogens is 1. The molecule has 3 aromatic carbocycles. The lowest BCUT2D eigenvalue weighted by molar-refractivity contribution is 0.102. The number of nitrogens with one attached hydrogen (secondary N) is 2. The van der Waals surface area contributed by atoms with Crippen LogP contribution in [-0.4, -0.2) is 10.9 Å². The van der Waals surface area contributed by atoms with Gasteiger partial charge < -0.3 is 10.3 Å². The quantitative estimate of drug-likeness (QED) is 0.354. The second kappa shape index (κ2) is 7.77. The molecule has 2 N–H and O–H groups in total. The molecule has 1 heterocycles. The Morgan fingerprint density at radius 3 is 2.39 bits per heavy atom. The number of anilines is 1. The summed E-state index contributed by atoms with van der Waals surface area (Å²) in [7, 11) is 0. The highest BCUT2D eigenvalue weighted by Gasteiger charge is 2.21. The van der Waals surface area contributed by atoms with Gasteiger partial charge in [-0.2, -0.15) is 0 Å². The first-order valence-corrected chi connectivity index (χ1v) is 9.96. The minimum absolute atomic E-state index is 0.0551. The summed E-state index contributed by atoms with van der Waals surface area (Å²) in [6.07, 6.45) is 0. The van der Waals surface area contributed by atoms with Crippen LogP contribution in [-0.2, 0) is 0 Å². The van der Waals surface area contributed by atoms with E-state index in [9.17, 15) is 9.59 Å². The first-order chi connectivity index (χ1) is 13.5. The Balaban J connectivity index is 1.94. The van der Waals surface area contributed by atoms with Crippen LogP contribution in [0.3, 0.4) is 0 Å². The minimum atomic E-state index is -0.469. The third-order valence-electron chi connectivity index (χ3n) is 4.37. The zero-order chi connectivity index (χ0) is 19.7. The number of carbonyl (C=O) groups is 1. The SMILES string of the molecule is O=C(Nc1ccc(I)cc1)c1c(-c2ccccc2)c2cc(Cl)ccc2[nH]c1=O. The molecule has 0 aliphatic rings. The highest BCUT2D eigenvalue weighted by Crippen LogP contribution is 2.31. The maximum absolute atomic E-state index is 13.1. The van der Waals surface area contributed by atoms with Crippen molar-refractivity contribution in [2.24, 2.45) is 0 Å². The highest BCUT2D eigenvalue weighted by molar-refractivity contribution is 14.1. The molecule has 1 aromatic heterocycles. The number of fused-ring (bicyclic) bond motifs is 1. The molecule has 6 heteroatoms. The molecule has 4 aromatic rings. The highest BCUT2D eigenvalue weighted by atomic mass is 127. The monoisotopic (exact) mass is 500 g/mol. The molecule has 0 unspecified atom stereocenters. The lowest BCUT2D eigenvalue weighted by Gasteiger charge is -2.13. The number of hydrogen-bond donors (Lipinski definition) is 2. The zero-order valence-electron chi connectivity index (χ0n) is 14.5. The van der Waals surface area contributed by atoms with Crippen molar-refractivity contribution in [2.45, 2.75) is 0 Å². The van der Waals surface area contributed by atoms with Gasteiger partial charge in [-0.1, -0.05) is 41.9 Å². The molecule has 0 spiro atoms. The van der Waals surface area contributed by atoms with E-state index in [1.807, 2.05) is 42.5 Å². The number of pyridine rings is 1. The van der Waals surface area contributed by atoms with Gasteiger partial charge in [0.15, 0.2) is 0 Å². The van der Waals surface area contributed by atoms with Gasteiger partial charge in [0.05, 0.1) is 0 Å². The van der Waals surface area contributed by atoms with Gasteiger partial charge in [-0.05, 0) is 70.6 Å². The average Bonchev–Trinajstić information content (AvgIpc) is 2.69. The van der Waals surface area contributed by atoms with Gasteiger partial charge in [-0.25, -0.2) is 0 Å². The van der Waals surface area contributed by atoms with E-state index >= 15 is 0 Å². The van der Waals surface area contributed by atoms with E-state index in [0.717, 1.165) is 9.13 Å². The lowest BCUT2D eigenvalue weighted by Crippen LogP contribution is -2.24. The van der Waals surface area contributed by atoms with Crippen LogP contribution in [0, 0.1) is 3.57 Å². The molecule has 4 rings (SSSR count). The Labute approximate surface area is 179 Å². The summed E-state index contributed by atoms with van der Waals surface area (Å²) in [5.74, 6) is -0.469. The van der Waals surface area contributed by atoms with E-state index in [1.165, 1.54) is 0 Å². The van der Waals surface area contributed by atoms with Crippen molar-refractivity contribution < 1.29 is 4.79 Å². The Morgan fingerprint density at radius 1 is 0.964 bits per heavy atom. The number of aromatic amines is 1. The average molecular weight is 501 g/mol. The van der Waals surface area contributed by atoms with Crippen molar-refractivity contribution in [1.82, 2.24) is 4.98 Å².